The number of nitrogens with zero attached hydrogens (tertiary/aromatic N) is 1. The molecule has 0 aromatic carbocycles. The molecule has 0 radical (unpaired) electrons. The second kappa shape index (κ2) is 6.88. The van der Waals surface area contributed by atoms with Crippen LogP contribution in [-0.4, -0.2) is 12.8 Å². The molecular weight excluding hydrogens is 121 g/mol. The molecule has 0 bridgehead atoms. The summed E-state index contributed by atoms with van der Waals surface area (Å²) < 4.78 is 5.03. The summed E-state index contributed by atoms with van der Waals surface area (Å²) in [5, 5.41) is 8.04. The molecule has 0 heterocycles. The molecule has 0 aromatic heterocycles. The molecule has 0 aliphatic heterocycles. The Morgan fingerprint density at radius 1 is 1.75 bits per heavy atom. The molecule has 0 aliphatic rings. The average Bonchev–Trinajstić information content (AvgIpc) is 1.81. The summed E-state index contributed by atoms with van der Waals surface area (Å²) in [6, 6.07) is 2.01. The van der Waals surface area contributed by atoms with Gasteiger partial charge in [0.05, 0.1) is 19.1 Å². The van der Waals surface area contributed by atoms with E-state index in [9.17, 15) is 0 Å². The Morgan fingerprint density at radius 3 is 3.00 bits per heavy atom. The van der Waals surface area contributed by atoms with E-state index in [0.717, 1.165) is 6.16 Å². The van der Waals surface area contributed by atoms with E-state index >= 15 is 0 Å². The van der Waals surface area contributed by atoms with Crippen LogP contribution in [0.15, 0.2) is 0 Å². The quantitative estimate of drug-likeness (QED) is 0.428. The van der Waals surface area contributed by atoms with Gasteiger partial charge in [-0.25, -0.2) is 0 Å². The highest BCUT2D eigenvalue weighted by atomic mass is 31.1. The van der Waals surface area contributed by atoms with Crippen molar-refractivity contribution >= 4 is 8.81 Å². The minimum atomic E-state index is 0.521. The number of hydrogen-bond acceptors (Lipinski definition) is 2. The minimum absolute atomic E-state index is 0.521. The lowest BCUT2D eigenvalue weighted by atomic mass is 10.5. The SMILES string of the molecule is CCPOCCC#N. The Bertz CT molecular complexity index is 79.0. The van der Waals surface area contributed by atoms with E-state index in [1.807, 2.05) is 6.07 Å². The molecule has 0 spiro atoms. The number of hydrogen-bond donors (Lipinski definition) is 0. The predicted molar refractivity (Wildman–Crippen MR) is 35.0 cm³/mol. The first-order chi connectivity index (χ1) is 3.91. The Morgan fingerprint density at radius 2 is 2.50 bits per heavy atom. The molecular formula is C5H10NOP. The fourth-order valence-electron chi connectivity index (χ4n) is 0.271. The van der Waals surface area contributed by atoms with Crippen molar-refractivity contribution in [3.8, 4) is 6.07 Å². The molecule has 0 N–H and O–H groups in total. The van der Waals surface area contributed by atoms with Crippen molar-refractivity contribution in [3.05, 3.63) is 0 Å². The van der Waals surface area contributed by atoms with Crippen LogP contribution in [0.25, 0.3) is 0 Å². The van der Waals surface area contributed by atoms with Gasteiger partial charge < -0.3 is 4.52 Å². The highest BCUT2D eigenvalue weighted by Crippen LogP contribution is 2.09. The summed E-state index contributed by atoms with van der Waals surface area (Å²) in [6.07, 6.45) is 1.58. The minimum Gasteiger partial charge on any atom is -0.361 e. The predicted octanol–water partition coefficient (Wildman–Crippen LogP) is 1.53. The van der Waals surface area contributed by atoms with Gasteiger partial charge in [0.15, 0.2) is 0 Å². The topological polar surface area (TPSA) is 33.0 Å². The summed E-state index contributed by atoms with van der Waals surface area (Å²) in [4.78, 5) is 0. The van der Waals surface area contributed by atoms with Gasteiger partial charge >= 0.3 is 0 Å². The van der Waals surface area contributed by atoms with Gasteiger partial charge in [0.2, 0.25) is 0 Å². The Kier molecular flexibility index (Phi) is 6.78. The Labute approximate surface area is 51.7 Å². The lowest BCUT2D eigenvalue weighted by Crippen LogP contribution is -1.81. The normalized spacial score (nSPS) is 10.0. The van der Waals surface area contributed by atoms with Crippen LogP contribution in [0.1, 0.15) is 13.3 Å². The smallest absolute Gasteiger partial charge is 0.0646 e. The van der Waals surface area contributed by atoms with Crippen molar-refractivity contribution in [1.29, 1.82) is 5.26 Å². The summed E-state index contributed by atoms with van der Waals surface area (Å²) in [7, 11) is 0.574. The van der Waals surface area contributed by atoms with E-state index < -0.39 is 0 Å². The zero-order valence-electron chi connectivity index (χ0n) is 4.98. The van der Waals surface area contributed by atoms with E-state index in [2.05, 4.69) is 6.92 Å². The van der Waals surface area contributed by atoms with Crippen molar-refractivity contribution in [1.82, 2.24) is 0 Å². The van der Waals surface area contributed by atoms with Crippen LogP contribution < -0.4 is 0 Å². The maximum atomic E-state index is 8.04. The standard InChI is InChI=1S/C5H10NOP/c1-2-8-7-5-3-4-6/h8H,2-3,5H2,1H3. The summed E-state index contributed by atoms with van der Waals surface area (Å²) in [5.74, 6) is 0. The fraction of sp³-hybridized carbons (Fsp3) is 0.800. The molecule has 1 unspecified atom stereocenters. The van der Waals surface area contributed by atoms with Crippen LogP contribution in [0.4, 0.5) is 0 Å². The van der Waals surface area contributed by atoms with Crippen LogP contribution in [0, 0.1) is 11.3 Å². The average molecular weight is 131 g/mol. The van der Waals surface area contributed by atoms with Crippen molar-refractivity contribution in [3.63, 3.8) is 0 Å². The van der Waals surface area contributed by atoms with Gasteiger partial charge in [0.25, 0.3) is 0 Å². The maximum absolute atomic E-state index is 8.04. The first kappa shape index (κ1) is 7.88. The molecule has 0 amide bonds. The molecule has 46 valence electrons. The molecule has 0 saturated heterocycles. The largest absolute Gasteiger partial charge is 0.361 e. The molecule has 3 heteroatoms. The molecule has 0 aromatic rings. The lowest BCUT2D eigenvalue weighted by Gasteiger charge is -1.94. The van der Waals surface area contributed by atoms with Gasteiger partial charge in [-0.15, -0.1) is 0 Å². The molecule has 0 saturated carbocycles. The van der Waals surface area contributed by atoms with Crippen molar-refractivity contribution in [2.75, 3.05) is 12.8 Å². The van der Waals surface area contributed by atoms with Crippen LogP contribution in [-0.2, 0) is 4.52 Å². The first-order valence-electron chi connectivity index (χ1n) is 2.63. The Balaban J connectivity index is 2.65. The summed E-state index contributed by atoms with van der Waals surface area (Å²) in [6.45, 7) is 2.66. The van der Waals surface area contributed by atoms with Crippen LogP contribution >= 0.6 is 8.81 Å². The van der Waals surface area contributed by atoms with Crippen LogP contribution in [0.3, 0.4) is 0 Å². The summed E-state index contributed by atoms with van der Waals surface area (Å²) in [5.41, 5.74) is 0. The van der Waals surface area contributed by atoms with Gasteiger partial charge in [-0.1, -0.05) is 6.92 Å². The van der Waals surface area contributed by atoms with Crippen molar-refractivity contribution < 1.29 is 4.52 Å². The highest BCUT2D eigenvalue weighted by molar-refractivity contribution is 7.32. The second-order valence-corrected chi connectivity index (χ2v) is 2.54. The van der Waals surface area contributed by atoms with Crippen molar-refractivity contribution in [2.45, 2.75) is 13.3 Å². The zero-order valence-corrected chi connectivity index (χ0v) is 5.98. The number of rotatable bonds is 4. The van der Waals surface area contributed by atoms with Gasteiger partial charge in [-0.05, 0) is 6.16 Å². The number of nitriles is 1. The van der Waals surface area contributed by atoms with Gasteiger partial charge in [-0.3, -0.25) is 0 Å². The third-order valence-corrected chi connectivity index (χ3v) is 1.26. The third-order valence-electron chi connectivity index (χ3n) is 0.562. The van der Waals surface area contributed by atoms with Gasteiger partial charge in [0.1, 0.15) is 0 Å². The highest BCUT2D eigenvalue weighted by Gasteiger charge is 1.81. The molecule has 0 rings (SSSR count). The van der Waals surface area contributed by atoms with Gasteiger partial charge in [0, 0.05) is 8.81 Å². The molecule has 0 aliphatic carbocycles. The van der Waals surface area contributed by atoms with Gasteiger partial charge in [-0.2, -0.15) is 5.26 Å². The fourth-order valence-corrected chi connectivity index (χ4v) is 0.721. The van der Waals surface area contributed by atoms with E-state index in [0.29, 0.717) is 21.8 Å². The lowest BCUT2D eigenvalue weighted by molar-refractivity contribution is 0.374. The molecule has 1 atom stereocenters. The van der Waals surface area contributed by atoms with Crippen LogP contribution in [0.5, 0.6) is 0 Å². The first-order valence-corrected chi connectivity index (χ1v) is 3.75. The van der Waals surface area contributed by atoms with Crippen molar-refractivity contribution in [2.24, 2.45) is 0 Å². The third kappa shape index (κ3) is 5.88. The molecule has 8 heavy (non-hydrogen) atoms. The zero-order chi connectivity index (χ0) is 6.24. The molecule has 2 nitrogen and oxygen atoms in total. The maximum Gasteiger partial charge on any atom is 0.0646 e. The van der Waals surface area contributed by atoms with E-state index in [1.54, 1.807) is 0 Å². The Hall–Kier alpha value is -0.120. The second-order valence-electron chi connectivity index (χ2n) is 1.25. The summed E-state index contributed by atoms with van der Waals surface area (Å²) >= 11 is 0. The molecule has 0 fully saturated rings. The van der Waals surface area contributed by atoms with E-state index in [4.69, 9.17) is 9.79 Å². The van der Waals surface area contributed by atoms with E-state index in [-0.39, 0.29) is 0 Å². The van der Waals surface area contributed by atoms with E-state index in [1.165, 1.54) is 0 Å². The monoisotopic (exact) mass is 131 g/mol. The van der Waals surface area contributed by atoms with Crippen LogP contribution in [0.2, 0.25) is 0 Å².